The van der Waals surface area contributed by atoms with Gasteiger partial charge in [0.1, 0.15) is 0 Å². The molecule has 1 aliphatic heterocycles. The lowest BCUT2D eigenvalue weighted by Gasteiger charge is -2.36. The van der Waals surface area contributed by atoms with Gasteiger partial charge < -0.3 is 15.1 Å². The molecule has 3 rings (SSSR count). The number of carbonyl (C=O) groups is 2. The summed E-state index contributed by atoms with van der Waals surface area (Å²) in [7, 11) is 0. The van der Waals surface area contributed by atoms with E-state index in [1.54, 1.807) is 4.90 Å². The zero-order chi connectivity index (χ0) is 18.5. The van der Waals surface area contributed by atoms with Crippen molar-refractivity contribution < 1.29 is 9.59 Å². The predicted octanol–water partition coefficient (Wildman–Crippen LogP) is 2.27. The van der Waals surface area contributed by atoms with Crippen molar-refractivity contribution in [2.24, 2.45) is 0 Å². The van der Waals surface area contributed by atoms with E-state index >= 15 is 0 Å². The number of piperazine rings is 1. The molecule has 1 aliphatic rings. The maximum absolute atomic E-state index is 12.4. The van der Waals surface area contributed by atoms with Gasteiger partial charge in [0.25, 0.3) is 0 Å². The Morgan fingerprint density at radius 3 is 2.31 bits per heavy atom. The van der Waals surface area contributed by atoms with E-state index in [2.05, 4.69) is 42.3 Å². The Labute approximate surface area is 154 Å². The molecule has 0 aromatic heterocycles. The number of nitrogens with one attached hydrogen (secondary N) is 1. The van der Waals surface area contributed by atoms with Gasteiger partial charge >= 0.3 is 11.8 Å². The second-order valence-electron chi connectivity index (χ2n) is 6.67. The summed E-state index contributed by atoms with van der Waals surface area (Å²) in [6, 6.07) is 15.9. The number of carbonyl (C=O) groups excluding carboxylic acids is 2. The number of amides is 2. The van der Waals surface area contributed by atoms with Crippen LogP contribution in [0.2, 0.25) is 0 Å². The Morgan fingerprint density at radius 2 is 1.62 bits per heavy atom. The van der Waals surface area contributed by atoms with Crippen molar-refractivity contribution in [1.29, 1.82) is 0 Å². The van der Waals surface area contributed by atoms with Gasteiger partial charge in [0.15, 0.2) is 0 Å². The Hall–Kier alpha value is -2.82. The Morgan fingerprint density at radius 1 is 0.923 bits per heavy atom. The van der Waals surface area contributed by atoms with Crippen LogP contribution < -0.4 is 10.2 Å². The van der Waals surface area contributed by atoms with Gasteiger partial charge in [0.2, 0.25) is 0 Å². The Balaban J connectivity index is 1.53. The van der Waals surface area contributed by atoms with Gasteiger partial charge in [-0.1, -0.05) is 42.5 Å². The molecule has 2 amide bonds. The average Bonchev–Trinajstić information content (AvgIpc) is 2.68. The molecule has 26 heavy (non-hydrogen) atoms. The minimum atomic E-state index is -0.533. The smallest absolute Gasteiger partial charge is 0.312 e. The molecule has 0 aliphatic carbocycles. The molecule has 1 saturated heterocycles. The minimum absolute atomic E-state index is 0.369. The first-order valence-electron chi connectivity index (χ1n) is 8.98. The van der Waals surface area contributed by atoms with Crippen LogP contribution in [0.4, 0.5) is 5.69 Å². The van der Waals surface area contributed by atoms with Crippen LogP contribution in [0.15, 0.2) is 48.5 Å². The Kier molecular flexibility index (Phi) is 5.56. The van der Waals surface area contributed by atoms with E-state index in [0.717, 1.165) is 18.7 Å². The van der Waals surface area contributed by atoms with E-state index in [9.17, 15) is 9.59 Å². The second-order valence-corrected chi connectivity index (χ2v) is 6.67. The van der Waals surface area contributed by atoms with E-state index in [4.69, 9.17) is 0 Å². The fourth-order valence-electron chi connectivity index (χ4n) is 3.23. The number of rotatable bonds is 3. The molecule has 0 atom stereocenters. The molecule has 2 aromatic carbocycles. The van der Waals surface area contributed by atoms with E-state index in [1.165, 1.54) is 16.8 Å². The van der Waals surface area contributed by atoms with Crippen LogP contribution in [-0.4, -0.2) is 42.9 Å². The van der Waals surface area contributed by atoms with Gasteiger partial charge in [-0.3, -0.25) is 9.59 Å². The molecular weight excluding hydrogens is 326 g/mol. The molecule has 5 nitrogen and oxygen atoms in total. The molecule has 1 heterocycles. The highest BCUT2D eigenvalue weighted by Gasteiger charge is 2.26. The van der Waals surface area contributed by atoms with Crippen LogP contribution in [0.25, 0.3) is 0 Å². The summed E-state index contributed by atoms with van der Waals surface area (Å²) >= 11 is 0. The number of aryl methyl sites for hydroxylation is 1. The summed E-state index contributed by atoms with van der Waals surface area (Å²) in [6.07, 6.45) is 0. The molecule has 136 valence electrons. The quantitative estimate of drug-likeness (QED) is 0.863. The molecule has 5 heteroatoms. The zero-order valence-corrected chi connectivity index (χ0v) is 15.4. The van der Waals surface area contributed by atoms with E-state index in [1.807, 2.05) is 30.3 Å². The van der Waals surface area contributed by atoms with Crippen LogP contribution in [0.5, 0.6) is 0 Å². The van der Waals surface area contributed by atoms with Crippen LogP contribution in [0, 0.1) is 13.8 Å². The maximum Gasteiger partial charge on any atom is 0.312 e. The summed E-state index contributed by atoms with van der Waals surface area (Å²) < 4.78 is 0. The topological polar surface area (TPSA) is 52.7 Å². The van der Waals surface area contributed by atoms with Gasteiger partial charge in [-0.2, -0.15) is 0 Å². The summed E-state index contributed by atoms with van der Waals surface area (Å²) in [5.41, 5.74) is 4.73. The van der Waals surface area contributed by atoms with Crippen molar-refractivity contribution in [2.45, 2.75) is 20.4 Å². The molecule has 0 spiro atoms. The molecule has 2 aromatic rings. The SMILES string of the molecule is Cc1cccc(N2CCN(C(=O)C(=O)NCc3ccccc3)CC2)c1C. The fourth-order valence-corrected chi connectivity index (χ4v) is 3.23. The highest BCUT2D eigenvalue weighted by Crippen LogP contribution is 2.23. The van der Waals surface area contributed by atoms with Gasteiger partial charge in [-0.15, -0.1) is 0 Å². The largest absolute Gasteiger partial charge is 0.368 e. The lowest BCUT2D eigenvalue weighted by atomic mass is 10.1. The van der Waals surface area contributed by atoms with E-state index < -0.39 is 11.8 Å². The number of hydrogen-bond acceptors (Lipinski definition) is 3. The molecule has 0 saturated carbocycles. The third-order valence-electron chi connectivity index (χ3n) is 4.97. The van der Waals surface area contributed by atoms with Crippen molar-refractivity contribution >= 4 is 17.5 Å². The second kappa shape index (κ2) is 8.04. The van der Waals surface area contributed by atoms with Crippen molar-refractivity contribution in [3.63, 3.8) is 0 Å². The number of hydrogen-bond donors (Lipinski definition) is 1. The molecule has 0 radical (unpaired) electrons. The van der Waals surface area contributed by atoms with Crippen molar-refractivity contribution in [3.8, 4) is 0 Å². The molecule has 0 unspecified atom stereocenters. The first-order chi connectivity index (χ1) is 12.6. The maximum atomic E-state index is 12.4. The highest BCUT2D eigenvalue weighted by atomic mass is 16.2. The number of benzene rings is 2. The average molecular weight is 351 g/mol. The Bertz CT molecular complexity index is 781. The summed E-state index contributed by atoms with van der Waals surface area (Å²) in [4.78, 5) is 28.5. The zero-order valence-electron chi connectivity index (χ0n) is 15.4. The fraction of sp³-hybridized carbons (Fsp3) is 0.333. The summed E-state index contributed by atoms with van der Waals surface area (Å²) in [5.74, 6) is -0.976. The monoisotopic (exact) mass is 351 g/mol. The molecule has 1 N–H and O–H groups in total. The first-order valence-corrected chi connectivity index (χ1v) is 8.98. The third-order valence-corrected chi connectivity index (χ3v) is 4.97. The van der Waals surface area contributed by atoms with Crippen LogP contribution in [-0.2, 0) is 16.1 Å². The molecule has 0 bridgehead atoms. The number of nitrogens with zero attached hydrogens (tertiary/aromatic N) is 2. The molecule has 1 fully saturated rings. The van der Waals surface area contributed by atoms with Crippen LogP contribution >= 0.6 is 0 Å². The highest BCUT2D eigenvalue weighted by molar-refractivity contribution is 6.35. The number of anilines is 1. The standard InChI is InChI=1S/C21H25N3O2/c1-16-7-6-10-19(17(16)2)23-11-13-24(14-12-23)21(26)20(25)22-15-18-8-4-3-5-9-18/h3-10H,11-15H2,1-2H3,(H,22,25). The van der Waals surface area contributed by atoms with Crippen molar-refractivity contribution in [3.05, 3.63) is 65.2 Å². The molecular formula is C21H25N3O2. The van der Waals surface area contributed by atoms with Crippen molar-refractivity contribution in [1.82, 2.24) is 10.2 Å². The van der Waals surface area contributed by atoms with Gasteiger partial charge in [0.05, 0.1) is 0 Å². The summed E-state index contributed by atoms with van der Waals surface area (Å²) in [5, 5.41) is 2.71. The minimum Gasteiger partial charge on any atom is -0.368 e. The van der Waals surface area contributed by atoms with Gasteiger partial charge in [-0.05, 0) is 36.6 Å². The van der Waals surface area contributed by atoms with E-state index in [0.29, 0.717) is 19.6 Å². The lowest BCUT2D eigenvalue weighted by Crippen LogP contribution is -2.52. The predicted molar refractivity (Wildman–Crippen MR) is 103 cm³/mol. The lowest BCUT2D eigenvalue weighted by molar-refractivity contribution is -0.146. The first kappa shape index (κ1) is 18.0. The van der Waals surface area contributed by atoms with Crippen LogP contribution in [0.3, 0.4) is 0 Å². The van der Waals surface area contributed by atoms with Crippen LogP contribution in [0.1, 0.15) is 16.7 Å². The van der Waals surface area contributed by atoms with Gasteiger partial charge in [-0.25, -0.2) is 0 Å². The van der Waals surface area contributed by atoms with E-state index in [-0.39, 0.29) is 0 Å². The third kappa shape index (κ3) is 4.04. The van der Waals surface area contributed by atoms with Gasteiger partial charge in [0, 0.05) is 38.4 Å². The summed E-state index contributed by atoms with van der Waals surface area (Å²) in [6.45, 7) is 7.20. The van der Waals surface area contributed by atoms with Crippen molar-refractivity contribution in [2.75, 3.05) is 31.1 Å². The normalized spacial score (nSPS) is 14.2.